The Bertz CT molecular complexity index is 116. The van der Waals surface area contributed by atoms with Crippen LogP contribution in [0, 0.1) is 0 Å². The fraction of sp³-hybridized carbons (Fsp3) is 0.833. The van der Waals surface area contributed by atoms with E-state index in [1.54, 1.807) is 0 Å². The first-order valence-corrected chi connectivity index (χ1v) is 3.18. The second-order valence-corrected chi connectivity index (χ2v) is 2.24. The summed E-state index contributed by atoms with van der Waals surface area (Å²) in [6.07, 6.45) is -0.0829. The van der Waals surface area contributed by atoms with Crippen molar-refractivity contribution in [2.75, 3.05) is 13.1 Å². The van der Waals surface area contributed by atoms with Crippen LogP contribution in [0.5, 0.6) is 0 Å². The summed E-state index contributed by atoms with van der Waals surface area (Å²) in [6, 6.07) is 0. The molecule has 1 N–H and O–H groups in total. The Balaban J connectivity index is 2.41. The van der Waals surface area contributed by atoms with Crippen molar-refractivity contribution in [3.63, 3.8) is 0 Å². The Kier molecular flexibility index (Phi) is 2.16. The summed E-state index contributed by atoms with van der Waals surface area (Å²) in [4.78, 5) is 10.6. The van der Waals surface area contributed by atoms with E-state index < -0.39 is 6.17 Å². The van der Waals surface area contributed by atoms with E-state index >= 15 is 0 Å². The summed E-state index contributed by atoms with van der Waals surface area (Å²) in [7, 11) is 0. The van der Waals surface area contributed by atoms with E-state index in [1.807, 2.05) is 0 Å². The minimum Gasteiger partial charge on any atom is -0.313 e. The number of ketones is 1. The SMILES string of the molecule is O=C1CCCNCC1F. The van der Waals surface area contributed by atoms with Crippen LogP contribution in [0.1, 0.15) is 12.8 Å². The quantitative estimate of drug-likeness (QED) is 0.511. The predicted molar refractivity (Wildman–Crippen MR) is 32.0 cm³/mol. The van der Waals surface area contributed by atoms with Crippen LogP contribution in [0.2, 0.25) is 0 Å². The van der Waals surface area contributed by atoms with Crippen LogP contribution in [-0.4, -0.2) is 25.0 Å². The Morgan fingerprint density at radius 3 is 3.22 bits per heavy atom. The maximum absolute atomic E-state index is 12.4. The lowest BCUT2D eigenvalue weighted by Crippen LogP contribution is -2.25. The fourth-order valence-electron chi connectivity index (χ4n) is 0.887. The van der Waals surface area contributed by atoms with Crippen molar-refractivity contribution in [1.82, 2.24) is 5.32 Å². The summed E-state index contributed by atoms with van der Waals surface area (Å²) in [6.45, 7) is 0.977. The van der Waals surface area contributed by atoms with Gasteiger partial charge in [0.15, 0.2) is 12.0 Å². The highest BCUT2D eigenvalue weighted by Gasteiger charge is 2.18. The van der Waals surface area contributed by atoms with Gasteiger partial charge in [0, 0.05) is 13.0 Å². The molecule has 0 bridgehead atoms. The van der Waals surface area contributed by atoms with Gasteiger partial charge >= 0.3 is 0 Å². The van der Waals surface area contributed by atoms with Gasteiger partial charge < -0.3 is 5.32 Å². The lowest BCUT2D eigenvalue weighted by atomic mass is 10.2. The van der Waals surface area contributed by atoms with E-state index in [0.717, 1.165) is 13.0 Å². The van der Waals surface area contributed by atoms with E-state index in [-0.39, 0.29) is 12.3 Å². The molecule has 1 atom stereocenters. The minimum absolute atomic E-state index is 0.207. The number of hydrogen-bond acceptors (Lipinski definition) is 2. The maximum atomic E-state index is 12.4. The molecule has 52 valence electrons. The van der Waals surface area contributed by atoms with Gasteiger partial charge in [-0.1, -0.05) is 0 Å². The Morgan fingerprint density at radius 1 is 1.67 bits per heavy atom. The van der Waals surface area contributed by atoms with Gasteiger partial charge in [0.2, 0.25) is 0 Å². The van der Waals surface area contributed by atoms with E-state index in [0.29, 0.717) is 6.42 Å². The zero-order chi connectivity index (χ0) is 6.69. The first-order chi connectivity index (χ1) is 4.30. The van der Waals surface area contributed by atoms with Crippen LogP contribution < -0.4 is 5.32 Å². The molecule has 9 heavy (non-hydrogen) atoms. The number of halogens is 1. The summed E-state index contributed by atoms with van der Waals surface area (Å²) in [5, 5.41) is 2.83. The average Bonchev–Trinajstić information content (AvgIpc) is 1.99. The Morgan fingerprint density at radius 2 is 2.44 bits per heavy atom. The van der Waals surface area contributed by atoms with Crippen molar-refractivity contribution < 1.29 is 9.18 Å². The molecule has 0 aromatic carbocycles. The summed E-state index contributed by atoms with van der Waals surface area (Å²) >= 11 is 0. The van der Waals surface area contributed by atoms with Gasteiger partial charge in [0.1, 0.15) is 0 Å². The minimum atomic E-state index is -1.26. The van der Waals surface area contributed by atoms with Gasteiger partial charge in [0.05, 0.1) is 0 Å². The second-order valence-electron chi connectivity index (χ2n) is 2.24. The molecule has 2 nitrogen and oxygen atoms in total. The zero-order valence-corrected chi connectivity index (χ0v) is 5.19. The molecule has 1 saturated heterocycles. The Hall–Kier alpha value is -0.440. The highest BCUT2D eigenvalue weighted by atomic mass is 19.1. The molecule has 1 unspecified atom stereocenters. The van der Waals surface area contributed by atoms with Crippen LogP contribution in [0.4, 0.5) is 4.39 Å². The summed E-state index contributed by atoms with van der Waals surface area (Å²) < 4.78 is 12.4. The molecule has 0 amide bonds. The highest BCUT2D eigenvalue weighted by molar-refractivity contribution is 5.83. The maximum Gasteiger partial charge on any atom is 0.170 e. The molecule has 1 aliphatic heterocycles. The number of alkyl halides is 1. The van der Waals surface area contributed by atoms with Crippen molar-refractivity contribution in [1.29, 1.82) is 0 Å². The van der Waals surface area contributed by atoms with Gasteiger partial charge in [0.25, 0.3) is 0 Å². The van der Waals surface area contributed by atoms with E-state index in [2.05, 4.69) is 5.32 Å². The van der Waals surface area contributed by atoms with Crippen LogP contribution in [0.15, 0.2) is 0 Å². The monoisotopic (exact) mass is 131 g/mol. The van der Waals surface area contributed by atoms with Crippen molar-refractivity contribution in [3.05, 3.63) is 0 Å². The first kappa shape index (κ1) is 6.68. The highest BCUT2D eigenvalue weighted by Crippen LogP contribution is 2.02. The number of hydrogen-bond donors (Lipinski definition) is 1. The van der Waals surface area contributed by atoms with Gasteiger partial charge in [-0.3, -0.25) is 4.79 Å². The lowest BCUT2D eigenvalue weighted by Gasteiger charge is -1.99. The summed E-state index contributed by atoms with van der Waals surface area (Å²) in [5.41, 5.74) is 0. The molecule has 1 rings (SSSR count). The topological polar surface area (TPSA) is 29.1 Å². The number of carbonyl (C=O) groups is 1. The fourth-order valence-corrected chi connectivity index (χ4v) is 0.887. The van der Waals surface area contributed by atoms with E-state index in [1.165, 1.54) is 0 Å². The molecule has 0 aliphatic carbocycles. The zero-order valence-electron chi connectivity index (χ0n) is 5.19. The predicted octanol–water partition coefficient (Wildman–Crippen LogP) is 0.277. The van der Waals surface area contributed by atoms with Crippen LogP contribution in [0.25, 0.3) is 0 Å². The molecule has 0 radical (unpaired) electrons. The number of Topliss-reactive ketones (excluding diaryl/α,β-unsaturated/α-hetero) is 1. The number of rotatable bonds is 0. The van der Waals surface area contributed by atoms with E-state index in [9.17, 15) is 9.18 Å². The summed E-state index contributed by atoms with van der Waals surface area (Å²) in [5.74, 6) is -0.250. The van der Waals surface area contributed by atoms with Crippen LogP contribution in [0.3, 0.4) is 0 Å². The molecular weight excluding hydrogens is 121 g/mol. The normalized spacial score (nSPS) is 29.9. The van der Waals surface area contributed by atoms with Gasteiger partial charge in [-0.2, -0.15) is 0 Å². The largest absolute Gasteiger partial charge is 0.313 e. The van der Waals surface area contributed by atoms with Gasteiger partial charge in [-0.15, -0.1) is 0 Å². The molecule has 3 heteroatoms. The third kappa shape index (κ3) is 1.75. The van der Waals surface area contributed by atoms with Crippen molar-refractivity contribution >= 4 is 5.78 Å². The van der Waals surface area contributed by atoms with Crippen LogP contribution >= 0.6 is 0 Å². The third-order valence-electron chi connectivity index (χ3n) is 1.45. The standard InChI is InChI=1S/C6H10FNO/c7-5-4-8-3-1-2-6(5)9/h5,8H,1-4H2. The Labute approximate surface area is 53.4 Å². The first-order valence-electron chi connectivity index (χ1n) is 3.18. The smallest absolute Gasteiger partial charge is 0.170 e. The van der Waals surface area contributed by atoms with Gasteiger partial charge in [-0.25, -0.2) is 4.39 Å². The molecule has 0 aromatic rings. The van der Waals surface area contributed by atoms with Crippen molar-refractivity contribution in [2.24, 2.45) is 0 Å². The third-order valence-corrected chi connectivity index (χ3v) is 1.45. The molecule has 0 saturated carbocycles. The molecule has 1 aliphatic rings. The van der Waals surface area contributed by atoms with Crippen LogP contribution in [-0.2, 0) is 4.79 Å². The molecule has 1 fully saturated rings. The average molecular weight is 131 g/mol. The molecule has 1 heterocycles. The molecular formula is C6H10FNO. The van der Waals surface area contributed by atoms with Crippen molar-refractivity contribution in [2.45, 2.75) is 19.0 Å². The second kappa shape index (κ2) is 2.92. The molecule has 0 aromatic heterocycles. The van der Waals surface area contributed by atoms with Gasteiger partial charge in [-0.05, 0) is 13.0 Å². The number of nitrogens with one attached hydrogen (secondary N) is 1. The van der Waals surface area contributed by atoms with E-state index in [4.69, 9.17) is 0 Å². The molecule has 0 spiro atoms. The number of carbonyl (C=O) groups excluding carboxylic acids is 1. The van der Waals surface area contributed by atoms with Crippen molar-refractivity contribution in [3.8, 4) is 0 Å². The lowest BCUT2D eigenvalue weighted by molar-refractivity contribution is -0.123.